The van der Waals surface area contributed by atoms with E-state index in [-0.39, 0.29) is 11.9 Å². The standard InChI is InChI=1S/C11H20N2O2/c1-2-13(7-9-3-4-9)11(14)10-8-15-6-5-12-10/h9-10,12H,2-8H2,1H3. The van der Waals surface area contributed by atoms with Crippen LogP contribution in [0, 0.1) is 5.92 Å². The summed E-state index contributed by atoms with van der Waals surface area (Å²) < 4.78 is 5.31. The van der Waals surface area contributed by atoms with Crippen molar-refractivity contribution < 1.29 is 9.53 Å². The molecule has 1 aliphatic heterocycles. The van der Waals surface area contributed by atoms with E-state index in [4.69, 9.17) is 4.74 Å². The number of amides is 1. The predicted molar refractivity (Wildman–Crippen MR) is 57.6 cm³/mol. The molecule has 1 unspecified atom stereocenters. The second-order valence-electron chi connectivity index (χ2n) is 4.40. The monoisotopic (exact) mass is 212 g/mol. The van der Waals surface area contributed by atoms with Gasteiger partial charge in [-0.3, -0.25) is 4.79 Å². The third kappa shape index (κ3) is 2.92. The summed E-state index contributed by atoms with van der Waals surface area (Å²) in [7, 11) is 0. The lowest BCUT2D eigenvalue weighted by Crippen LogP contribution is -2.52. The van der Waals surface area contributed by atoms with Crippen LogP contribution in [0.3, 0.4) is 0 Å². The van der Waals surface area contributed by atoms with Gasteiger partial charge in [-0.1, -0.05) is 0 Å². The van der Waals surface area contributed by atoms with Gasteiger partial charge in [-0.15, -0.1) is 0 Å². The summed E-state index contributed by atoms with van der Waals surface area (Å²) in [6.07, 6.45) is 2.58. The van der Waals surface area contributed by atoms with Crippen molar-refractivity contribution >= 4 is 5.91 Å². The van der Waals surface area contributed by atoms with Crippen molar-refractivity contribution in [1.82, 2.24) is 10.2 Å². The first-order valence-electron chi connectivity index (χ1n) is 5.91. The molecule has 2 rings (SSSR count). The van der Waals surface area contributed by atoms with E-state index >= 15 is 0 Å². The molecule has 1 saturated heterocycles. The van der Waals surface area contributed by atoms with E-state index in [2.05, 4.69) is 5.32 Å². The quantitative estimate of drug-likeness (QED) is 0.725. The van der Waals surface area contributed by atoms with Crippen LogP contribution in [-0.4, -0.2) is 49.7 Å². The van der Waals surface area contributed by atoms with Gasteiger partial charge in [0.15, 0.2) is 0 Å². The maximum atomic E-state index is 12.1. The molecule has 15 heavy (non-hydrogen) atoms. The van der Waals surface area contributed by atoms with Gasteiger partial charge in [0.05, 0.1) is 13.2 Å². The molecule has 1 saturated carbocycles. The molecule has 0 bridgehead atoms. The first-order valence-corrected chi connectivity index (χ1v) is 5.91. The maximum Gasteiger partial charge on any atom is 0.242 e. The number of hydrogen-bond acceptors (Lipinski definition) is 3. The number of hydrogen-bond donors (Lipinski definition) is 1. The summed E-state index contributed by atoms with van der Waals surface area (Å²) >= 11 is 0. The normalized spacial score (nSPS) is 26.3. The number of nitrogens with zero attached hydrogens (tertiary/aromatic N) is 1. The van der Waals surface area contributed by atoms with E-state index in [0.717, 1.165) is 32.2 Å². The van der Waals surface area contributed by atoms with Crippen molar-refractivity contribution in [2.24, 2.45) is 5.92 Å². The van der Waals surface area contributed by atoms with Crippen LogP contribution in [0.5, 0.6) is 0 Å². The first kappa shape index (κ1) is 10.9. The lowest BCUT2D eigenvalue weighted by molar-refractivity contribution is -0.136. The molecule has 2 aliphatic rings. The first-order chi connectivity index (χ1) is 7.31. The topological polar surface area (TPSA) is 41.6 Å². The van der Waals surface area contributed by atoms with E-state index in [1.807, 2.05) is 11.8 Å². The Labute approximate surface area is 91.0 Å². The maximum absolute atomic E-state index is 12.1. The zero-order chi connectivity index (χ0) is 10.7. The average Bonchev–Trinajstić information content (AvgIpc) is 3.10. The van der Waals surface area contributed by atoms with Gasteiger partial charge in [0.25, 0.3) is 0 Å². The summed E-state index contributed by atoms with van der Waals surface area (Å²) in [5.41, 5.74) is 0. The van der Waals surface area contributed by atoms with Crippen LogP contribution in [-0.2, 0) is 9.53 Å². The van der Waals surface area contributed by atoms with Gasteiger partial charge in [-0.25, -0.2) is 0 Å². The van der Waals surface area contributed by atoms with Crippen LogP contribution < -0.4 is 5.32 Å². The molecule has 2 fully saturated rings. The highest BCUT2D eigenvalue weighted by atomic mass is 16.5. The van der Waals surface area contributed by atoms with Gasteiger partial charge < -0.3 is 15.0 Å². The molecular weight excluding hydrogens is 192 g/mol. The lowest BCUT2D eigenvalue weighted by atomic mass is 10.2. The summed E-state index contributed by atoms with van der Waals surface area (Å²) in [5.74, 6) is 0.975. The molecule has 0 aromatic heterocycles. The Morgan fingerprint density at radius 3 is 2.87 bits per heavy atom. The smallest absolute Gasteiger partial charge is 0.242 e. The molecule has 0 aromatic carbocycles. The van der Waals surface area contributed by atoms with Gasteiger partial charge in [-0.2, -0.15) is 0 Å². The summed E-state index contributed by atoms with van der Waals surface area (Å²) in [6, 6.07) is -0.113. The highest BCUT2D eigenvalue weighted by Gasteiger charge is 2.30. The molecule has 1 atom stereocenters. The van der Waals surface area contributed by atoms with Gasteiger partial charge in [-0.05, 0) is 25.7 Å². The zero-order valence-electron chi connectivity index (χ0n) is 9.37. The number of rotatable bonds is 4. The molecule has 0 spiro atoms. The van der Waals surface area contributed by atoms with E-state index in [9.17, 15) is 4.79 Å². The second kappa shape index (κ2) is 4.94. The van der Waals surface area contributed by atoms with Crippen molar-refractivity contribution in [1.29, 1.82) is 0 Å². The largest absolute Gasteiger partial charge is 0.378 e. The fourth-order valence-corrected chi connectivity index (χ4v) is 1.93. The van der Waals surface area contributed by atoms with Crippen LogP contribution in [0.2, 0.25) is 0 Å². The molecule has 0 radical (unpaired) electrons. The molecule has 1 N–H and O–H groups in total. The minimum atomic E-state index is -0.113. The number of morpholine rings is 1. The van der Waals surface area contributed by atoms with Crippen LogP contribution in [0.4, 0.5) is 0 Å². The second-order valence-corrected chi connectivity index (χ2v) is 4.40. The van der Waals surface area contributed by atoms with Gasteiger partial charge in [0.2, 0.25) is 5.91 Å². The highest BCUT2D eigenvalue weighted by molar-refractivity contribution is 5.82. The predicted octanol–water partition coefficient (Wildman–Crippen LogP) is 0.233. The van der Waals surface area contributed by atoms with E-state index < -0.39 is 0 Å². The van der Waals surface area contributed by atoms with Crippen molar-refractivity contribution in [3.63, 3.8) is 0 Å². The Morgan fingerprint density at radius 1 is 1.53 bits per heavy atom. The number of carbonyl (C=O) groups excluding carboxylic acids is 1. The van der Waals surface area contributed by atoms with E-state index in [0.29, 0.717) is 6.61 Å². The minimum absolute atomic E-state index is 0.113. The van der Waals surface area contributed by atoms with Crippen molar-refractivity contribution in [3.8, 4) is 0 Å². The van der Waals surface area contributed by atoms with Crippen molar-refractivity contribution in [3.05, 3.63) is 0 Å². The Kier molecular flexibility index (Phi) is 3.59. The summed E-state index contributed by atoms with van der Waals surface area (Å²) in [6.45, 7) is 5.83. The fourth-order valence-electron chi connectivity index (χ4n) is 1.93. The zero-order valence-corrected chi connectivity index (χ0v) is 9.37. The number of nitrogens with one attached hydrogen (secondary N) is 1. The van der Waals surface area contributed by atoms with Crippen LogP contribution in [0.15, 0.2) is 0 Å². The number of carbonyl (C=O) groups is 1. The molecule has 0 aromatic rings. The van der Waals surface area contributed by atoms with Crippen LogP contribution in [0.25, 0.3) is 0 Å². The van der Waals surface area contributed by atoms with Crippen LogP contribution in [0.1, 0.15) is 19.8 Å². The Hall–Kier alpha value is -0.610. The molecule has 86 valence electrons. The van der Waals surface area contributed by atoms with Crippen molar-refractivity contribution in [2.45, 2.75) is 25.8 Å². The number of ether oxygens (including phenoxy) is 1. The van der Waals surface area contributed by atoms with Gasteiger partial charge in [0.1, 0.15) is 6.04 Å². The molecular formula is C11H20N2O2. The average molecular weight is 212 g/mol. The SMILES string of the molecule is CCN(CC1CC1)C(=O)C1COCCN1. The van der Waals surface area contributed by atoms with Gasteiger partial charge >= 0.3 is 0 Å². The summed E-state index contributed by atoms with van der Waals surface area (Å²) in [5, 5.41) is 3.21. The lowest BCUT2D eigenvalue weighted by Gasteiger charge is -2.29. The molecule has 1 aliphatic carbocycles. The minimum Gasteiger partial charge on any atom is -0.378 e. The molecule has 1 amide bonds. The number of likely N-dealkylation sites (N-methyl/N-ethyl adjacent to an activating group) is 1. The van der Waals surface area contributed by atoms with Crippen LogP contribution >= 0.6 is 0 Å². The molecule has 4 nitrogen and oxygen atoms in total. The van der Waals surface area contributed by atoms with Crippen molar-refractivity contribution in [2.75, 3.05) is 32.8 Å². The van der Waals surface area contributed by atoms with E-state index in [1.165, 1.54) is 12.8 Å². The molecule has 1 heterocycles. The molecule has 4 heteroatoms. The fraction of sp³-hybridized carbons (Fsp3) is 0.909. The van der Waals surface area contributed by atoms with Gasteiger partial charge in [0, 0.05) is 19.6 Å². The van der Waals surface area contributed by atoms with E-state index in [1.54, 1.807) is 0 Å². The third-order valence-electron chi connectivity index (χ3n) is 3.09. The Bertz CT molecular complexity index is 223. The third-order valence-corrected chi connectivity index (χ3v) is 3.09. The Morgan fingerprint density at radius 2 is 2.33 bits per heavy atom. The Balaban J connectivity index is 1.84. The summed E-state index contributed by atoms with van der Waals surface area (Å²) in [4.78, 5) is 14.0. The highest BCUT2D eigenvalue weighted by Crippen LogP contribution is 2.29.